The van der Waals surface area contributed by atoms with Gasteiger partial charge in [0.1, 0.15) is 0 Å². The van der Waals surface area contributed by atoms with Crippen molar-refractivity contribution >= 4 is 11.3 Å². The number of hydrogen-bond donors (Lipinski definition) is 1. The summed E-state index contributed by atoms with van der Waals surface area (Å²) in [5.41, 5.74) is 2.69. The summed E-state index contributed by atoms with van der Waals surface area (Å²) in [6.45, 7) is 6.31. The van der Waals surface area contributed by atoms with E-state index < -0.39 is 0 Å². The number of aryl methyl sites for hydroxylation is 1. The van der Waals surface area contributed by atoms with Crippen LogP contribution in [0.25, 0.3) is 0 Å². The van der Waals surface area contributed by atoms with Gasteiger partial charge in [0.2, 0.25) is 0 Å². The summed E-state index contributed by atoms with van der Waals surface area (Å²) in [4.78, 5) is 0. The van der Waals surface area contributed by atoms with E-state index in [1.54, 1.807) is 11.3 Å². The van der Waals surface area contributed by atoms with Crippen molar-refractivity contribution in [3.63, 3.8) is 0 Å². The van der Waals surface area contributed by atoms with Gasteiger partial charge in [0.05, 0.1) is 5.69 Å². The third-order valence-corrected chi connectivity index (χ3v) is 3.73. The number of aromatic nitrogens is 2. The van der Waals surface area contributed by atoms with Crippen LogP contribution in [0.4, 0.5) is 0 Å². The molecule has 1 unspecified atom stereocenters. The van der Waals surface area contributed by atoms with Crippen LogP contribution in [0, 0.1) is 0 Å². The van der Waals surface area contributed by atoms with Crippen molar-refractivity contribution < 1.29 is 0 Å². The molecule has 18 heavy (non-hydrogen) atoms. The smallest absolute Gasteiger partial charge is 0.0522 e. The van der Waals surface area contributed by atoms with E-state index >= 15 is 0 Å². The normalized spacial score (nSPS) is 12.8. The van der Waals surface area contributed by atoms with Gasteiger partial charge in [-0.3, -0.25) is 4.68 Å². The molecule has 0 bridgehead atoms. The zero-order valence-corrected chi connectivity index (χ0v) is 11.9. The van der Waals surface area contributed by atoms with E-state index in [0.29, 0.717) is 6.04 Å². The molecule has 2 aromatic rings. The summed E-state index contributed by atoms with van der Waals surface area (Å²) in [5.74, 6) is 0. The molecule has 0 spiro atoms. The Balaban J connectivity index is 1.81. The average Bonchev–Trinajstić information content (AvgIpc) is 2.99. The molecule has 98 valence electrons. The Labute approximate surface area is 113 Å². The Kier molecular flexibility index (Phi) is 4.96. The van der Waals surface area contributed by atoms with Gasteiger partial charge in [-0.2, -0.15) is 16.4 Å². The lowest BCUT2D eigenvalue weighted by atomic mass is 10.1. The summed E-state index contributed by atoms with van der Waals surface area (Å²) in [6, 6.07) is 4.79. The fourth-order valence-corrected chi connectivity index (χ4v) is 2.72. The molecule has 2 rings (SSSR count). The summed E-state index contributed by atoms with van der Waals surface area (Å²) in [5, 5.41) is 12.3. The molecule has 3 nitrogen and oxygen atoms in total. The molecule has 0 amide bonds. The highest BCUT2D eigenvalue weighted by atomic mass is 32.1. The first-order valence-corrected chi connectivity index (χ1v) is 7.49. The Morgan fingerprint density at radius 2 is 2.33 bits per heavy atom. The lowest BCUT2D eigenvalue weighted by molar-refractivity contribution is 0.504. The first kappa shape index (κ1) is 13.3. The maximum atomic E-state index is 4.34. The summed E-state index contributed by atoms with van der Waals surface area (Å²) in [6.07, 6.45) is 4.10. The van der Waals surface area contributed by atoms with Crippen LogP contribution >= 0.6 is 11.3 Å². The van der Waals surface area contributed by atoms with E-state index in [1.165, 1.54) is 11.3 Å². The van der Waals surface area contributed by atoms with Gasteiger partial charge in [0, 0.05) is 25.3 Å². The van der Waals surface area contributed by atoms with Crippen molar-refractivity contribution in [2.45, 2.75) is 45.8 Å². The standard InChI is InChI=1S/C14H21N3S/c1-3-7-17-14(4-6-16-17)10-15-12(2)9-13-5-8-18-11-13/h4-6,8,11-12,15H,3,7,9-10H2,1-2H3. The van der Waals surface area contributed by atoms with E-state index in [1.807, 2.05) is 6.20 Å². The topological polar surface area (TPSA) is 29.9 Å². The number of nitrogens with zero attached hydrogens (tertiary/aromatic N) is 2. The highest BCUT2D eigenvalue weighted by Crippen LogP contribution is 2.09. The van der Waals surface area contributed by atoms with Crippen LogP contribution in [0.15, 0.2) is 29.1 Å². The zero-order valence-electron chi connectivity index (χ0n) is 11.1. The van der Waals surface area contributed by atoms with E-state index in [-0.39, 0.29) is 0 Å². The second-order valence-electron chi connectivity index (χ2n) is 4.66. The molecule has 1 N–H and O–H groups in total. The zero-order chi connectivity index (χ0) is 12.8. The second kappa shape index (κ2) is 6.71. The number of rotatable bonds is 7. The third-order valence-electron chi connectivity index (χ3n) is 2.99. The van der Waals surface area contributed by atoms with E-state index in [9.17, 15) is 0 Å². The molecule has 0 aliphatic rings. The van der Waals surface area contributed by atoms with Crippen LogP contribution in [0.2, 0.25) is 0 Å². The van der Waals surface area contributed by atoms with Crippen LogP contribution in [0.5, 0.6) is 0 Å². The SMILES string of the molecule is CCCn1nccc1CNC(C)Cc1ccsc1. The van der Waals surface area contributed by atoms with Gasteiger partial charge in [-0.05, 0) is 48.2 Å². The predicted octanol–water partition coefficient (Wildman–Crippen LogP) is 3.08. The summed E-state index contributed by atoms with van der Waals surface area (Å²) >= 11 is 1.76. The monoisotopic (exact) mass is 263 g/mol. The molecular formula is C14H21N3S. The second-order valence-corrected chi connectivity index (χ2v) is 5.44. The minimum absolute atomic E-state index is 0.490. The van der Waals surface area contributed by atoms with Crippen LogP contribution in [-0.4, -0.2) is 15.8 Å². The van der Waals surface area contributed by atoms with E-state index in [2.05, 4.69) is 51.8 Å². The molecule has 2 aromatic heterocycles. The maximum Gasteiger partial charge on any atom is 0.0522 e. The van der Waals surface area contributed by atoms with Gasteiger partial charge >= 0.3 is 0 Å². The number of thiophene rings is 1. The molecule has 0 saturated carbocycles. The van der Waals surface area contributed by atoms with E-state index in [4.69, 9.17) is 0 Å². The van der Waals surface area contributed by atoms with Crippen molar-refractivity contribution in [1.29, 1.82) is 0 Å². The highest BCUT2D eigenvalue weighted by Gasteiger charge is 2.06. The number of hydrogen-bond acceptors (Lipinski definition) is 3. The average molecular weight is 263 g/mol. The lowest BCUT2D eigenvalue weighted by Crippen LogP contribution is -2.28. The third kappa shape index (κ3) is 3.68. The Morgan fingerprint density at radius 1 is 1.44 bits per heavy atom. The van der Waals surface area contributed by atoms with Crippen LogP contribution < -0.4 is 5.32 Å². The molecule has 0 radical (unpaired) electrons. The molecule has 0 aromatic carbocycles. The fraction of sp³-hybridized carbons (Fsp3) is 0.500. The van der Waals surface area contributed by atoms with Gasteiger partial charge < -0.3 is 5.32 Å². The molecule has 0 fully saturated rings. The van der Waals surface area contributed by atoms with Crippen LogP contribution in [0.1, 0.15) is 31.5 Å². The first-order valence-electron chi connectivity index (χ1n) is 6.54. The predicted molar refractivity (Wildman–Crippen MR) is 76.8 cm³/mol. The van der Waals surface area contributed by atoms with Gasteiger partial charge in [-0.1, -0.05) is 6.92 Å². The van der Waals surface area contributed by atoms with Gasteiger partial charge in [0.15, 0.2) is 0 Å². The largest absolute Gasteiger partial charge is 0.308 e. The molecule has 0 aliphatic heterocycles. The molecule has 2 heterocycles. The fourth-order valence-electron chi connectivity index (χ4n) is 2.04. The molecule has 4 heteroatoms. The Bertz CT molecular complexity index is 447. The van der Waals surface area contributed by atoms with E-state index in [0.717, 1.165) is 25.9 Å². The quantitative estimate of drug-likeness (QED) is 0.832. The van der Waals surface area contributed by atoms with Gasteiger partial charge in [0.25, 0.3) is 0 Å². The Morgan fingerprint density at radius 3 is 3.06 bits per heavy atom. The van der Waals surface area contributed by atoms with Crippen molar-refractivity contribution in [2.24, 2.45) is 0 Å². The highest BCUT2D eigenvalue weighted by molar-refractivity contribution is 7.07. The van der Waals surface area contributed by atoms with Gasteiger partial charge in [-0.25, -0.2) is 0 Å². The van der Waals surface area contributed by atoms with Crippen molar-refractivity contribution in [3.05, 3.63) is 40.3 Å². The summed E-state index contributed by atoms with van der Waals surface area (Å²) < 4.78 is 2.09. The summed E-state index contributed by atoms with van der Waals surface area (Å²) in [7, 11) is 0. The van der Waals surface area contributed by atoms with Crippen LogP contribution in [0.3, 0.4) is 0 Å². The molecule has 0 aliphatic carbocycles. The minimum atomic E-state index is 0.490. The van der Waals surface area contributed by atoms with Crippen molar-refractivity contribution in [2.75, 3.05) is 0 Å². The lowest BCUT2D eigenvalue weighted by Gasteiger charge is -2.14. The Hall–Kier alpha value is -1.13. The number of nitrogens with one attached hydrogen (secondary N) is 1. The molecule has 0 saturated heterocycles. The van der Waals surface area contributed by atoms with Crippen molar-refractivity contribution in [1.82, 2.24) is 15.1 Å². The molecule has 1 atom stereocenters. The van der Waals surface area contributed by atoms with Crippen molar-refractivity contribution in [3.8, 4) is 0 Å². The maximum absolute atomic E-state index is 4.34. The minimum Gasteiger partial charge on any atom is -0.308 e. The van der Waals surface area contributed by atoms with Crippen LogP contribution in [-0.2, 0) is 19.5 Å². The molecular weight excluding hydrogens is 242 g/mol. The first-order chi connectivity index (χ1) is 8.79. The van der Waals surface area contributed by atoms with Gasteiger partial charge in [-0.15, -0.1) is 0 Å².